The van der Waals surface area contributed by atoms with Gasteiger partial charge in [-0.15, -0.1) is 0 Å². The summed E-state index contributed by atoms with van der Waals surface area (Å²) in [6.45, 7) is 3.20. The van der Waals surface area contributed by atoms with Gasteiger partial charge >= 0.3 is 0 Å². The smallest absolute Gasteiger partial charge is 0.263 e. The number of rotatable bonds is 10. The van der Waals surface area contributed by atoms with Crippen molar-refractivity contribution in [1.82, 2.24) is 5.43 Å². The largest absolute Gasteiger partial charge is 0.457 e. The standard InChI is InChI=1S/C31H30N4O5S/c1-22(24-14-16-26(17-15-24)32-31(37)25-10-6-4-7-11-25)33-34-30(36)23(2)35(41(3,38)39)27-18-20-29(21-19-27)40-28-12-8-5-9-13-28/h4-21,23H,1-3H3,(H,32,37)(H,34,36)/b33-22-/t23-/m1/s1. The van der Waals surface area contributed by atoms with Gasteiger partial charge in [-0.2, -0.15) is 5.10 Å². The molecule has 0 spiro atoms. The zero-order chi connectivity index (χ0) is 29.4. The lowest BCUT2D eigenvalue weighted by atomic mass is 10.1. The molecule has 210 valence electrons. The summed E-state index contributed by atoms with van der Waals surface area (Å²) >= 11 is 0. The first kappa shape index (κ1) is 29.0. The fourth-order valence-electron chi connectivity index (χ4n) is 3.98. The van der Waals surface area contributed by atoms with Crippen LogP contribution in [0.2, 0.25) is 0 Å². The zero-order valence-corrected chi connectivity index (χ0v) is 23.6. The molecule has 1 atom stereocenters. The Bertz CT molecular complexity index is 1620. The molecule has 0 unspecified atom stereocenters. The predicted octanol–water partition coefficient (Wildman–Crippen LogP) is 5.43. The summed E-state index contributed by atoms with van der Waals surface area (Å²) in [4.78, 5) is 25.3. The van der Waals surface area contributed by atoms with E-state index < -0.39 is 22.0 Å². The molecule has 4 aromatic carbocycles. The van der Waals surface area contributed by atoms with Crippen molar-refractivity contribution in [2.45, 2.75) is 19.9 Å². The zero-order valence-electron chi connectivity index (χ0n) is 22.8. The van der Waals surface area contributed by atoms with Crippen LogP contribution in [-0.2, 0) is 14.8 Å². The SMILES string of the molecule is C/C(=N/NC(=O)[C@@H](C)N(c1ccc(Oc2ccccc2)cc1)S(C)(=O)=O)c1ccc(NC(=O)c2ccccc2)cc1. The first-order valence-corrected chi connectivity index (χ1v) is 14.6. The van der Waals surface area contributed by atoms with Gasteiger partial charge in [-0.25, -0.2) is 13.8 Å². The number of hydrogen-bond acceptors (Lipinski definition) is 6. The first-order chi connectivity index (χ1) is 19.6. The Hall–Kier alpha value is -4.96. The number of hydrogen-bond donors (Lipinski definition) is 2. The van der Waals surface area contributed by atoms with Crippen molar-refractivity contribution >= 4 is 38.9 Å². The minimum atomic E-state index is -3.81. The van der Waals surface area contributed by atoms with E-state index in [1.807, 2.05) is 36.4 Å². The van der Waals surface area contributed by atoms with Gasteiger partial charge in [0, 0.05) is 11.3 Å². The van der Waals surface area contributed by atoms with Crippen LogP contribution in [0.4, 0.5) is 11.4 Å². The Morgan fingerprint density at radius 1 is 0.780 bits per heavy atom. The minimum absolute atomic E-state index is 0.223. The van der Waals surface area contributed by atoms with Crippen LogP contribution in [-0.4, -0.2) is 38.2 Å². The Balaban J connectivity index is 1.41. The number of anilines is 2. The molecule has 0 radical (unpaired) electrons. The molecule has 0 saturated carbocycles. The van der Waals surface area contributed by atoms with Gasteiger partial charge in [0.2, 0.25) is 10.0 Å². The van der Waals surface area contributed by atoms with E-state index in [4.69, 9.17) is 4.74 Å². The van der Waals surface area contributed by atoms with Crippen molar-refractivity contribution in [3.8, 4) is 11.5 Å². The Morgan fingerprint density at radius 3 is 1.93 bits per heavy atom. The highest BCUT2D eigenvalue weighted by molar-refractivity contribution is 7.92. The van der Waals surface area contributed by atoms with Gasteiger partial charge in [-0.05, 0) is 80.1 Å². The second kappa shape index (κ2) is 12.9. The molecule has 2 amide bonds. The average Bonchev–Trinajstić information content (AvgIpc) is 2.97. The van der Waals surface area contributed by atoms with E-state index in [2.05, 4.69) is 15.8 Å². The van der Waals surface area contributed by atoms with Crippen LogP contribution in [0, 0.1) is 0 Å². The first-order valence-electron chi connectivity index (χ1n) is 12.7. The highest BCUT2D eigenvalue weighted by Crippen LogP contribution is 2.27. The average molecular weight is 571 g/mol. The van der Waals surface area contributed by atoms with Gasteiger partial charge in [0.1, 0.15) is 17.5 Å². The van der Waals surface area contributed by atoms with Crippen molar-refractivity contribution in [2.24, 2.45) is 5.10 Å². The van der Waals surface area contributed by atoms with Crippen molar-refractivity contribution in [3.05, 3.63) is 120 Å². The molecule has 0 aliphatic carbocycles. The number of amides is 2. The number of para-hydroxylation sites is 1. The molecule has 0 aliphatic rings. The Morgan fingerprint density at radius 2 is 1.34 bits per heavy atom. The Kier molecular flexibility index (Phi) is 9.15. The number of hydrazone groups is 1. The lowest BCUT2D eigenvalue weighted by Crippen LogP contribution is -2.46. The van der Waals surface area contributed by atoms with Gasteiger partial charge < -0.3 is 10.1 Å². The molecule has 0 aliphatic heterocycles. The number of nitrogens with one attached hydrogen (secondary N) is 2. The van der Waals surface area contributed by atoms with E-state index in [9.17, 15) is 18.0 Å². The van der Waals surface area contributed by atoms with Crippen LogP contribution in [0.5, 0.6) is 11.5 Å². The molecule has 2 N–H and O–H groups in total. The summed E-state index contributed by atoms with van der Waals surface area (Å²) < 4.78 is 32.1. The highest BCUT2D eigenvalue weighted by Gasteiger charge is 2.29. The summed E-state index contributed by atoms with van der Waals surface area (Å²) in [5.74, 6) is 0.342. The summed E-state index contributed by atoms with van der Waals surface area (Å²) in [5.41, 5.74) is 5.14. The molecular weight excluding hydrogens is 540 g/mol. The molecule has 4 rings (SSSR count). The molecule has 41 heavy (non-hydrogen) atoms. The van der Waals surface area contributed by atoms with E-state index in [1.54, 1.807) is 79.7 Å². The Labute approximate surface area is 239 Å². The lowest BCUT2D eigenvalue weighted by molar-refractivity contribution is -0.121. The molecule has 4 aromatic rings. The van der Waals surface area contributed by atoms with E-state index in [0.29, 0.717) is 39.7 Å². The van der Waals surface area contributed by atoms with E-state index in [0.717, 1.165) is 10.6 Å². The van der Waals surface area contributed by atoms with Gasteiger partial charge in [0.05, 0.1) is 17.7 Å². The molecule has 0 aromatic heterocycles. The van der Waals surface area contributed by atoms with Crippen molar-refractivity contribution in [2.75, 3.05) is 15.9 Å². The third-order valence-electron chi connectivity index (χ3n) is 6.09. The number of benzene rings is 4. The van der Waals surface area contributed by atoms with Crippen LogP contribution in [0.15, 0.2) is 114 Å². The highest BCUT2D eigenvalue weighted by atomic mass is 32.2. The molecule has 0 saturated heterocycles. The van der Waals surface area contributed by atoms with Gasteiger partial charge in [0.25, 0.3) is 11.8 Å². The predicted molar refractivity (Wildman–Crippen MR) is 161 cm³/mol. The summed E-state index contributed by atoms with van der Waals surface area (Å²) in [6.07, 6.45) is 1.04. The fourth-order valence-corrected chi connectivity index (χ4v) is 5.15. The van der Waals surface area contributed by atoms with Gasteiger partial charge in [0.15, 0.2) is 0 Å². The fraction of sp³-hybridized carbons (Fsp3) is 0.129. The van der Waals surface area contributed by atoms with Gasteiger partial charge in [-0.3, -0.25) is 13.9 Å². The molecule has 9 nitrogen and oxygen atoms in total. The van der Waals surface area contributed by atoms with Crippen LogP contribution in [0.1, 0.15) is 29.8 Å². The third-order valence-corrected chi connectivity index (χ3v) is 7.33. The molecule has 10 heteroatoms. The second-order valence-electron chi connectivity index (χ2n) is 9.21. The van der Waals surface area contributed by atoms with Crippen LogP contribution in [0.3, 0.4) is 0 Å². The molecular formula is C31H30N4O5S. The van der Waals surface area contributed by atoms with Crippen molar-refractivity contribution in [3.63, 3.8) is 0 Å². The lowest BCUT2D eigenvalue weighted by Gasteiger charge is -2.27. The number of carbonyl (C=O) groups is 2. The van der Waals surface area contributed by atoms with Crippen molar-refractivity contribution in [1.29, 1.82) is 0 Å². The quantitative estimate of drug-likeness (QED) is 0.195. The van der Waals surface area contributed by atoms with Crippen LogP contribution in [0.25, 0.3) is 0 Å². The maximum Gasteiger partial charge on any atom is 0.263 e. The summed E-state index contributed by atoms with van der Waals surface area (Å²) in [7, 11) is -3.81. The maximum atomic E-state index is 13.0. The normalized spacial score (nSPS) is 12.2. The van der Waals surface area contributed by atoms with Crippen LogP contribution >= 0.6 is 0 Å². The molecule has 0 fully saturated rings. The van der Waals surface area contributed by atoms with E-state index >= 15 is 0 Å². The number of sulfonamides is 1. The molecule has 0 heterocycles. The van der Waals surface area contributed by atoms with Gasteiger partial charge in [-0.1, -0.05) is 48.5 Å². The second-order valence-corrected chi connectivity index (χ2v) is 11.1. The maximum absolute atomic E-state index is 13.0. The summed E-state index contributed by atoms with van der Waals surface area (Å²) in [5, 5.41) is 6.99. The van der Waals surface area contributed by atoms with Crippen LogP contribution < -0.4 is 19.8 Å². The van der Waals surface area contributed by atoms with E-state index in [1.165, 1.54) is 6.92 Å². The summed E-state index contributed by atoms with van der Waals surface area (Å²) in [6, 6.07) is 30.4. The number of ether oxygens (including phenoxy) is 1. The monoisotopic (exact) mass is 570 g/mol. The van der Waals surface area contributed by atoms with E-state index in [-0.39, 0.29) is 5.91 Å². The third kappa shape index (κ3) is 7.80. The van der Waals surface area contributed by atoms with Crippen molar-refractivity contribution < 1.29 is 22.7 Å². The molecule has 0 bridgehead atoms. The number of carbonyl (C=O) groups excluding carboxylic acids is 2. The number of nitrogens with zero attached hydrogens (tertiary/aromatic N) is 2. The minimum Gasteiger partial charge on any atom is -0.457 e. The topological polar surface area (TPSA) is 117 Å².